The quantitative estimate of drug-likeness (QED) is 0.406. The van der Waals surface area contributed by atoms with Gasteiger partial charge in [0.15, 0.2) is 0 Å². The van der Waals surface area contributed by atoms with Crippen molar-refractivity contribution in [1.82, 2.24) is 9.97 Å². The van der Waals surface area contributed by atoms with Crippen molar-refractivity contribution in [3.05, 3.63) is 89.2 Å². The van der Waals surface area contributed by atoms with Crippen LogP contribution in [0.3, 0.4) is 0 Å². The minimum Gasteiger partial charge on any atom is -0.389 e. The molecule has 1 atom stereocenters. The Morgan fingerprint density at radius 2 is 1.70 bits per heavy atom. The minimum absolute atomic E-state index is 0.585. The Hall–Kier alpha value is -3.38. The van der Waals surface area contributed by atoms with E-state index in [1.807, 2.05) is 42.5 Å². The number of fused-ring (bicyclic) bond motifs is 1. The number of nitrogens with one attached hydrogen (secondary N) is 1. The lowest BCUT2D eigenvalue weighted by molar-refractivity contribution is -0.137. The number of alkyl halides is 3. The van der Waals surface area contributed by atoms with Crippen molar-refractivity contribution in [3.8, 4) is 11.1 Å². The molecule has 0 bridgehead atoms. The topological polar surface area (TPSA) is 48.9 Å². The van der Waals surface area contributed by atoms with E-state index in [-0.39, 0.29) is 0 Å². The lowest BCUT2D eigenvalue weighted by Gasteiger charge is -2.11. The number of benzene rings is 3. The van der Waals surface area contributed by atoms with Crippen LogP contribution < -0.4 is 0 Å². The van der Waals surface area contributed by atoms with Crippen LogP contribution in [-0.2, 0) is 6.18 Å². The average molecular weight is 408 g/mol. The summed E-state index contributed by atoms with van der Waals surface area (Å²) in [6.07, 6.45) is -1.49. The van der Waals surface area contributed by atoms with Crippen LogP contribution in [0.5, 0.6) is 0 Å². The number of aliphatic hydroxyl groups excluding tert-OH is 1. The molecule has 4 aromatic rings. The fourth-order valence-electron chi connectivity index (χ4n) is 3.35. The Morgan fingerprint density at radius 1 is 0.967 bits per heavy atom. The van der Waals surface area contributed by atoms with E-state index < -0.39 is 17.8 Å². The second-order valence-electron chi connectivity index (χ2n) is 7.07. The number of hydrogen-bond donors (Lipinski definition) is 2. The smallest absolute Gasteiger partial charge is 0.389 e. The van der Waals surface area contributed by atoms with Crippen LogP contribution in [-0.4, -0.2) is 15.1 Å². The number of nitrogens with zero attached hydrogens (tertiary/aromatic N) is 1. The zero-order valence-electron chi connectivity index (χ0n) is 16.1. The van der Waals surface area contributed by atoms with Gasteiger partial charge in [0.2, 0.25) is 0 Å². The second kappa shape index (κ2) is 7.80. The Morgan fingerprint density at radius 3 is 2.40 bits per heavy atom. The Kier molecular flexibility index (Phi) is 5.18. The van der Waals surface area contributed by atoms with Crippen LogP contribution >= 0.6 is 0 Å². The minimum atomic E-state index is -4.34. The lowest BCUT2D eigenvalue weighted by atomic mass is 9.96. The van der Waals surface area contributed by atoms with Gasteiger partial charge >= 0.3 is 6.18 Å². The molecule has 3 aromatic carbocycles. The molecule has 0 radical (unpaired) electrons. The summed E-state index contributed by atoms with van der Waals surface area (Å²) in [6, 6.07) is 18.5. The SMILES string of the molecule is CC(O)c1ccccc1-c1ccc2[nH]c(C=Cc3ccc(C(F)(F)F)cc3)nc2c1. The maximum Gasteiger partial charge on any atom is 0.416 e. The highest BCUT2D eigenvalue weighted by Crippen LogP contribution is 2.31. The lowest BCUT2D eigenvalue weighted by Crippen LogP contribution is -2.03. The fraction of sp³-hybridized carbons (Fsp3) is 0.125. The Balaban J connectivity index is 1.61. The summed E-state index contributed by atoms with van der Waals surface area (Å²) in [6.45, 7) is 1.73. The molecule has 30 heavy (non-hydrogen) atoms. The van der Waals surface area contributed by atoms with Crippen molar-refractivity contribution in [2.24, 2.45) is 0 Å². The molecule has 1 unspecified atom stereocenters. The first kappa shape index (κ1) is 19.9. The van der Waals surface area contributed by atoms with E-state index in [9.17, 15) is 18.3 Å². The number of imidazole rings is 1. The van der Waals surface area contributed by atoms with Crippen LogP contribution in [0.4, 0.5) is 13.2 Å². The van der Waals surface area contributed by atoms with Gasteiger partial charge in [0.05, 0.1) is 22.7 Å². The van der Waals surface area contributed by atoms with Gasteiger partial charge < -0.3 is 10.1 Å². The third-order valence-corrected chi connectivity index (χ3v) is 4.89. The molecule has 152 valence electrons. The second-order valence-corrected chi connectivity index (χ2v) is 7.07. The molecule has 6 heteroatoms. The average Bonchev–Trinajstić information content (AvgIpc) is 3.14. The molecule has 0 aliphatic rings. The molecule has 0 aliphatic carbocycles. The highest BCUT2D eigenvalue weighted by atomic mass is 19.4. The monoisotopic (exact) mass is 408 g/mol. The first-order valence-electron chi connectivity index (χ1n) is 9.44. The van der Waals surface area contributed by atoms with Crippen molar-refractivity contribution in [2.75, 3.05) is 0 Å². The van der Waals surface area contributed by atoms with Gasteiger partial charge in [-0.05, 0) is 59.5 Å². The Labute approximate surface area is 171 Å². The normalized spacial score (nSPS) is 13.2. The predicted molar refractivity (Wildman–Crippen MR) is 113 cm³/mol. The van der Waals surface area contributed by atoms with Gasteiger partial charge in [0.25, 0.3) is 0 Å². The molecule has 0 aliphatic heterocycles. The van der Waals surface area contributed by atoms with Crippen LogP contribution in [0, 0.1) is 0 Å². The van der Waals surface area contributed by atoms with Gasteiger partial charge in [-0.15, -0.1) is 0 Å². The van der Waals surface area contributed by atoms with E-state index in [2.05, 4.69) is 9.97 Å². The molecular weight excluding hydrogens is 389 g/mol. The number of aliphatic hydroxyl groups is 1. The molecular formula is C24H19F3N2O. The third-order valence-electron chi connectivity index (χ3n) is 4.89. The summed E-state index contributed by atoms with van der Waals surface area (Å²) in [5, 5.41) is 10.0. The number of H-pyrrole nitrogens is 1. The van der Waals surface area contributed by atoms with Gasteiger partial charge in [-0.1, -0.05) is 48.5 Å². The number of aromatic amines is 1. The summed E-state index contributed by atoms with van der Waals surface area (Å²) < 4.78 is 38.0. The highest BCUT2D eigenvalue weighted by Gasteiger charge is 2.29. The molecule has 0 saturated carbocycles. The molecule has 3 nitrogen and oxygen atoms in total. The van der Waals surface area contributed by atoms with Crippen LogP contribution in [0.2, 0.25) is 0 Å². The van der Waals surface area contributed by atoms with E-state index in [1.165, 1.54) is 12.1 Å². The van der Waals surface area contributed by atoms with Gasteiger partial charge in [-0.25, -0.2) is 4.98 Å². The molecule has 1 aromatic heterocycles. The Bertz CT molecular complexity index is 1210. The molecule has 0 fully saturated rings. The molecule has 1 heterocycles. The number of hydrogen-bond acceptors (Lipinski definition) is 2. The van der Waals surface area contributed by atoms with Crippen LogP contribution in [0.1, 0.15) is 35.5 Å². The van der Waals surface area contributed by atoms with E-state index in [1.54, 1.807) is 19.1 Å². The molecule has 0 amide bonds. The summed E-state index contributed by atoms with van der Waals surface area (Å²) >= 11 is 0. The summed E-state index contributed by atoms with van der Waals surface area (Å²) in [5.41, 5.74) is 4.32. The van der Waals surface area contributed by atoms with Crippen LogP contribution in [0.15, 0.2) is 66.7 Å². The number of rotatable bonds is 4. The molecule has 0 saturated heterocycles. The van der Waals surface area contributed by atoms with Crippen molar-refractivity contribution in [2.45, 2.75) is 19.2 Å². The zero-order valence-corrected chi connectivity index (χ0v) is 16.1. The zero-order chi connectivity index (χ0) is 21.3. The van der Waals surface area contributed by atoms with Gasteiger partial charge in [0.1, 0.15) is 5.82 Å². The van der Waals surface area contributed by atoms with Crippen molar-refractivity contribution in [1.29, 1.82) is 0 Å². The van der Waals surface area contributed by atoms with Crippen molar-refractivity contribution in [3.63, 3.8) is 0 Å². The summed E-state index contributed by atoms with van der Waals surface area (Å²) in [4.78, 5) is 7.75. The fourth-order valence-corrected chi connectivity index (χ4v) is 3.35. The number of halogens is 3. The standard InChI is InChI=1S/C24H19F3N2O/c1-15(30)19-4-2-3-5-20(19)17-9-12-21-22(14-17)29-23(28-21)13-8-16-6-10-18(11-7-16)24(25,26)27/h2-15,30H,1H3,(H,28,29). The largest absolute Gasteiger partial charge is 0.416 e. The van der Waals surface area contributed by atoms with Gasteiger partial charge in [0, 0.05) is 0 Å². The van der Waals surface area contributed by atoms with Crippen molar-refractivity contribution >= 4 is 23.2 Å². The first-order valence-corrected chi connectivity index (χ1v) is 9.44. The molecule has 0 spiro atoms. The maximum absolute atomic E-state index is 12.7. The number of aromatic nitrogens is 2. The van der Waals surface area contributed by atoms with Crippen molar-refractivity contribution < 1.29 is 18.3 Å². The van der Waals surface area contributed by atoms with Gasteiger partial charge in [-0.3, -0.25) is 0 Å². The molecule has 4 rings (SSSR count). The van der Waals surface area contributed by atoms with E-state index in [0.717, 1.165) is 39.9 Å². The van der Waals surface area contributed by atoms with Crippen LogP contribution in [0.25, 0.3) is 34.3 Å². The van der Waals surface area contributed by atoms with E-state index in [0.29, 0.717) is 11.4 Å². The van der Waals surface area contributed by atoms with E-state index in [4.69, 9.17) is 0 Å². The van der Waals surface area contributed by atoms with E-state index >= 15 is 0 Å². The third kappa shape index (κ3) is 4.14. The predicted octanol–water partition coefficient (Wildman–Crippen LogP) is 6.47. The first-order chi connectivity index (χ1) is 14.3. The maximum atomic E-state index is 12.7. The summed E-state index contributed by atoms with van der Waals surface area (Å²) in [7, 11) is 0. The summed E-state index contributed by atoms with van der Waals surface area (Å²) in [5.74, 6) is 0.603. The van der Waals surface area contributed by atoms with Gasteiger partial charge in [-0.2, -0.15) is 13.2 Å². The molecule has 2 N–H and O–H groups in total. The highest BCUT2D eigenvalue weighted by molar-refractivity contribution is 5.84.